The van der Waals surface area contributed by atoms with Gasteiger partial charge < -0.3 is 9.30 Å². The molecule has 0 aliphatic carbocycles. The molecule has 0 aliphatic heterocycles. The Kier molecular flexibility index (Phi) is 5.82. The van der Waals surface area contributed by atoms with E-state index in [9.17, 15) is 9.59 Å². The van der Waals surface area contributed by atoms with E-state index in [4.69, 9.17) is 27.9 Å². The maximum absolute atomic E-state index is 12.5. The Bertz CT molecular complexity index is 1070. The molecule has 0 fully saturated rings. The van der Waals surface area contributed by atoms with Crippen LogP contribution in [0.15, 0.2) is 45.9 Å². The van der Waals surface area contributed by atoms with E-state index >= 15 is 0 Å². The van der Waals surface area contributed by atoms with E-state index in [1.54, 1.807) is 41.0 Å². The second-order valence-corrected chi connectivity index (χ2v) is 7.97. The van der Waals surface area contributed by atoms with Gasteiger partial charge in [0.25, 0.3) is 5.91 Å². The van der Waals surface area contributed by atoms with Crippen molar-refractivity contribution in [3.63, 3.8) is 0 Å². The summed E-state index contributed by atoms with van der Waals surface area (Å²) in [7, 11) is 1.29. The standard InChI is InChI=1S/C17H11BrCl2N2O3S/c1-25-14(23)8-22-15-12(20)6-11(19)7-13(15)26-17(22)21-16(24)9-2-4-10(18)5-3-9/h2-7H,8H2,1H3. The zero-order valence-corrected chi connectivity index (χ0v) is 17.2. The molecule has 0 saturated carbocycles. The van der Waals surface area contributed by atoms with Crippen LogP contribution in [0.2, 0.25) is 10.0 Å². The molecule has 1 amide bonds. The Morgan fingerprint density at radius 1 is 1.23 bits per heavy atom. The summed E-state index contributed by atoms with van der Waals surface area (Å²) in [6.45, 7) is -0.121. The molecule has 134 valence electrons. The van der Waals surface area contributed by atoms with Crippen molar-refractivity contribution >= 4 is 72.6 Å². The first-order chi connectivity index (χ1) is 12.4. The largest absolute Gasteiger partial charge is 0.468 e. The number of benzene rings is 2. The van der Waals surface area contributed by atoms with Crippen LogP contribution in [0.25, 0.3) is 10.2 Å². The van der Waals surface area contributed by atoms with E-state index in [-0.39, 0.29) is 6.54 Å². The van der Waals surface area contributed by atoms with Crippen molar-refractivity contribution in [2.24, 2.45) is 4.99 Å². The molecule has 0 atom stereocenters. The lowest BCUT2D eigenvalue weighted by Gasteiger charge is -2.05. The molecule has 0 N–H and O–H groups in total. The molecule has 3 rings (SSSR count). The molecule has 5 nitrogen and oxygen atoms in total. The molecule has 0 spiro atoms. The summed E-state index contributed by atoms with van der Waals surface area (Å²) < 4.78 is 7.87. The molecular weight excluding hydrogens is 463 g/mol. The maximum Gasteiger partial charge on any atom is 0.325 e. The summed E-state index contributed by atoms with van der Waals surface area (Å²) in [6.07, 6.45) is 0. The van der Waals surface area contributed by atoms with Gasteiger partial charge in [0.15, 0.2) is 4.80 Å². The third kappa shape index (κ3) is 4.01. The highest BCUT2D eigenvalue weighted by Crippen LogP contribution is 2.29. The molecule has 26 heavy (non-hydrogen) atoms. The monoisotopic (exact) mass is 472 g/mol. The second kappa shape index (κ2) is 7.92. The van der Waals surface area contributed by atoms with Gasteiger partial charge in [-0.3, -0.25) is 9.59 Å². The summed E-state index contributed by atoms with van der Waals surface area (Å²) in [4.78, 5) is 28.8. The van der Waals surface area contributed by atoms with Crippen LogP contribution in [0, 0.1) is 0 Å². The lowest BCUT2D eigenvalue weighted by molar-refractivity contribution is -0.141. The van der Waals surface area contributed by atoms with Gasteiger partial charge in [-0.1, -0.05) is 50.5 Å². The molecule has 0 saturated heterocycles. The summed E-state index contributed by atoms with van der Waals surface area (Å²) in [6, 6.07) is 10.1. The quantitative estimate of drug-likeness (QED) is 0.518. The number of carbonyl (C=O) groups is 2. The van der Waals surface area contributed by atoms with E-state index in [1.165, 1.54) is 18.4 Å². The molecule has 3 aromatic rings. The van der Waals surface area contributed by atoms with Gasteiger partial charge in [0.05, 0.1) is 22.3 Å². The van der Waals surface area contributed by atoms with Crippen LogP contribution < -0.4 is 4.80 Å². The normalized spacial score (nSPS) is 11.8. The van der Waals surface area contributed by atoms with Crippen LogP contribution in [-0.4, -0.2) is 23.6 Å². The van der Waals surface area contributed by atoms with Crippen LogP contribution in [0.5, 0.6) is 0 Å². The average molecular weight is 474 g/mol. The number of nitrogens with zero attached hydrogens (tertiary/aromatic N) is 2. The third-order valence-corrected chi connectivity index (χ3v) is 5.56. The first-order valence-electron chi connectivity index (χ1n) is 7.29. The maximum atomic E-state index is 12.5. The van der Waals surface area contributed by atoms with Crippen molar-refractivity contribution in [2.75, 3.05) is 7.11 Å². The number of carbonyl (C=O) groups excluding carboxylic acids is 2. The number of hydrogen-bond acceptors (Lipinski definition) is 4. The zero-order valence-electron chi connectivity index (χ0n) is 13.3. The molecule has 9 heteroatoms. The Labute approximate surface area is 171 Å². The number of amides is 1. The molecule has 0 radical (unpaired) electrons. The highest BCUT2D eigenvalue weighted by Gasteiger charge is 2.15. The van der Waals surface area contributed by atoms with E-state index in [2.05, 4.69) is 20.9 Å². The third-order valence-electron chi connectivity index (χ3n) is 3.50. The van der Waals surface area contributed by atoms with Gasteiger partial charge in [-0.2, -0.15) is 4.99 Å². The van der Waals surface area contributed by atoms with Gasteiger partial charge in [-0.15, -0.1) is 0 Å². The van der Waals surface area contributed by atoms with Crippen LogP contribution >= 0.6 is 50.5 Å². The minimum absolute atomic E-state index is 0.121. The van der Waals surface area contributed by atoms with Crippen LogP contribution in [-0.2, 0) is 16.1 Å². The summed E-state index contributed by atoms with van der Waals surface area (Å²) in [5.74, 6) is -0.904. The van der Waals surface area contributed by atoms with Crippen molar-refractivity contribution < 1.29 is 14.3 Å². The number of methoxy groups -OCH3 is 1. The van der Waals surface area contributed by atoms with Crippen molar-refractivity contribution in [1.29, 1.82) is 0 Å². The van der Waals surface area contributed by atoms with E-state index in [1.807, 2.05) is 0 Å². The Morgan fingerprint density at radius 2 is 1.92 bits per heavy atom. The van der Waals surface area contributed by atoms with Crippen molar-refractivity contribution in [1.82, 2.24) is 4.57 Å². The number of ether oxygens (including phenoxy) is 1. The van der Waals surface area contributed by atoms with E-state index < -0.39 is 11.9 Å². The fourth-order valence-electron chi connectivity index (χ4n) is 2.30. The smallest absolute Gasteiger partial charge is 0.325 e. The Balaban J connectivity index is 2.18. The molecule has 0 aliphatic rings. The molecule has 0 unspecified atom stereocenters. The van der Waals surface area contributed by atoms with Crippen molar-refractivity contribution in [3.8, 4) is 0 Å². The lowest BCUT2D eigenvalue weighted by atomic mass is 10.2. The molecule has 1 aromatic heterocycles. The minimum atomic E-state index is -0.478. The number of rotatable bonds is 3. The van der Waals surface area contributed by atoms with Crippen molar-refractivity contribution in [2.45, 2.75) is 6.54 Å². The Hall–Kier alpha value is -1.67. The fourth-order valence-corrected chi connectivity index (χ4v) is 4.37. The Morgan fingerprint density at radius 3 is 2.58 bits per heavy atom. The average Bonchev–Trinajstić information content (AvgIpc) is 2.92. The number of hydrogen-bond donors (Lipinski definition) is 0. The van der Waals surface area contributed by atoms with Crippen LogP contribution in [0.3, 0.4) is 0 Å². The minimum Gasteiger partial charge on any atom is -0.468 e. The molecule has 0 bridgehead atoms. The molecular formula is C17H11BrCl2N2O3S. The van der Waals surface area contributed by atoms with Gasteiger partial charge in [0.2, 0.25) is 0 Å². The number of halogens is 3. The predicted octanol–water partition coefficient (Wildman–Crippen LogP) is 4.69. The molecule has 1 heterocycles. The number of aromatic nitrogens is 1. The zero-order chi connectivity index (χ0) is 18.8. The van der Waals surface area contributed by atoms with Gasteiger partial charge >= 0.3 is 5.97 Å². The van der Waals surface area contributed by atoms with E-state index in [0.717, 1.165) is 4.47 Å². The number of fused-ring (bicyclic) bond motifs is 1. The number of thiazole rings is 1. The van der Waals surface area contributed by atoms with E-state index in [0.29, 0.717) is 30.6 Å². The second-order valence-electron chi connectivity index (χ2n) is 5.21. The highest BCUT2D eigenvalue weighted by atomic mass is 79.9. The lowest BCUT2D eigenvalue weighted by Crippen LogP contribution is -2.22. The first-order valence-corrected chi connectivity index (χ1v) is 9.65. The highest BCUT2D eigenvalue weighted by molar-refractivity contribution is 9.10. The topological polar surface area (TPSA) is 60.7 Å². The molecule has 2 aromatic carbocycles. The SMILES string of the molecule is COC(=O)Cn1c(=NC(=O)c2ccc(Br)cc2)sc2cc(Cl)cc(Cl)c21. The summed E-state index contributed by atoms with van der Waals surface area (Å²) in [5, 5.41) is 0.824. The first kappa shape index (κ1) is 19.1. The van der Waals surface area contributed by atoms with Gasteiger partial charge in [-0.25, -0.2) is 0 Å². The van der Waals surface area contributed by atoms with Gasteiger partial charge in [0, 0.05) is 15.1 Å². The van der Waals surface area contributed by atoms with Crippen LogP contribution in [0.4, 0.5) is 0 Å². The fraction of sp³-hybridized carbons (Fsp3) is 0.118. The van der Waals surface area contributed by atoms with Gasteiger partial charge in [-0.05, 0) is 36.4 Å². The van der Waals surface area contributed by atoms with Crippen LogP contribution in [0.1, 0.15) is 10.4 Å². The van der Waals surface area contributed by atoms with Gasteiger partial charge in [0.1, 0.15) is 6.54 Å². The predicted molar refractivity (Wildman–Crippen MR) is 106 cm³/mol. The summed E-state index contributed by atoms with van der Waals surface area (Å²) in [5.41, 5.74) is 1.01. The number of esters is 1. The van der Waals surface area contributed by atoms with Crippen molar-refractivity contribution in [3.05, 3.63) is 61.3 Å². The summed E-state index contributed by atoms with van der Waals surface area (Å²) >= 11 is 16.9.